The highest BCUT2D eigenvalue weighted by Gasteiger charge is 2.23. The van der Waals surface area contributed by atoms with E-state index in [2.05, 4.69) is 10.4 Å². The van der Waals surface area contributed by atoms with Gasteiger partial charge >= 0.3 is 11.9 Å². The number of allylic oxidation sites excluding steroid dienone is 1. The number of hydrogen-bond acceptors (Lipinski definition) is 4. The normalized spacial score (nSPS) is 10.9. The number of carboxylic acid groups (broad SMARTS) is 2. The molecule has 1 aromatic rings. The van der Waals surface area contributed by atoms with Gasteiger partial charge in [0.15, 0.2) is 11.7 Å². The van der Waals surface area contributed by atoms with Crippen LogP contribution >= 0.6 is 0 Å². The summed E-state index contributed by atoms with van der Waals surface area (Å²) < 4.78 is 1.60. The van der Waals surface area contributed by atoms with Crippen LogP contribution in [0.25, 0.3) is 0 Å². The molecule has 0 saturated heterocycles. The van der Waals surface area contributed by atoms with E-state index in [-0.39, 0.29) is 6.42 Å². The van der Waals surface area contributed by atoms with Crippen molar-refractivity contribution in [3.8, 4) is 0 Å². The molecule has 0 aliphatic carbocycles. The van der Waals surface area contributed by atoms with Crippen molar-refractivity contribution in [2.24, 2.45) is 13.0 Å². The van der Waals surface area contributed by atoms with Gasteiger partial charge in [0.25, 0.3) is 0 Å². The fourth-order valence-electron chi connectivity index (χ4n) is 1.15. The van der Waals surface area contributed by atoms with Gasteiger partial charge in [0, 0.05) is 19.3 Å². The summed E-state index contributed by atoms with van der Waals surface area (Å²) in [5.74, 6) is -3.51. The summed E-state index contributed by atoms with van der Waals surface area (Å²) >= 11 is 0. The zero-order valence-electron chi connectivity index (χ0n) is 9.20. The number of anilines is 1. The minimum atomic E-state index is -1.42. The topological polar surface area (TPSA) is 104 Å². The number of rotatable bonds is 6. The molecule has 0 amide bonds. The number of aryl methyl sites for hydroxylation is 1. The van der Waals surface area contributed by atoms with Crippen molar-refractivity contribution in [2.75, 3.05) is 5.32 Å². The molecule has 0 atom stereocenters. The van der Waals surface area contributed by atoms with Crippen LogP contribution in [0.3, 0.4) is 0 Å². The van der Waals surface area contributed by atoms with Gasteiger partial charge in [-0.25, -0.2) is 0 Å². The lowest BCUT2D eigenvalue weighted by atomic mass is 10.1. The standard InChI is InChI=1S/C10H13N3O4/c1-13-6-4-8(12-13)11-5-2-3-7(9(14)15)10(16)17/h2,4-7H,3H2,1H3,(H,11,12)(H,14,15)(H,16,17). The van der Waals surface area contributed by atoms with Crippen molar-refractivity contribution < 1.29 is 19.8 Å². The van der Waals surface area contributed by atoms with Crippen LogP contribution in [0.15, 0.2) is 24.5 Å². The Bertz CT molecular complexity index is 425. The van der Waals surface area contributed by atoms with Crippen molar-refractivity contribution in [1.29, 1.82) is 0 Å². The van der Waals surface area contributed by atoms with Gasteiger partial charge in [0.1, 0.15) is 0 Å². The maximum Gasteiger partial charge on any atom is 0.318 e. The first kappa shape index (κ1) is 12.8. The van der Waals surface area contributed by atoms with E-state index in [1.807, 2.05) is 0 Å². The maximum atomic E-state index is 10.6. The van der Waals surface area contributed by atoms with Crippen LogP contribution in [0, 0.1) is 5.92 Å². The second kappa shape index (κ2) is 5.69. The summed E-state index contributed by atoms with van der Waals surface area (Å²) in [6.07, 6.45) is 4.58. The van der Waals surface area contributed by atoms with Gasteiger partial charge in [-0.2, -0.15) is 5.10 Å². The highest BCUT2D eigenvalue weighted by molar-refractivity contribution is 5.92. The molecule has 7 heteroatoms. The van der Waals surface area contributed by atoms with Crippen LogP contribution in [0.4, 0.5) is 5.82 Å². The van der Waals surface area contributed by atoms with Crippen LogP contribution in [0.5, 0.6) is 0 Å². The lowest BCUT2D eigenvalue weighted by Crippen LogP contribution is -2.22. The van der Waals surface area contributed by atoms with E-state index in [1.165, 1.54) is 12.3 Å². The number of hydrogen-bond donors (Lipinski definition) is 3. The van der Waals surface area contributed by atoms with E-state index in [1.54, 1.807) is 24.0 Å². The minimum Gasteiger partial charge on any atom is -0.481 e. The fraction of sp³-hybridized carbons (Fsp3) is 0.300. The van der Waals surface area contributed by atoms with Crippen LogP contribution in [-0.4, -0.2) is 31.9 Å². The fourth-order valence-corrected chi connectivity index (χ4v) is 1.15. The van der Waals surface area contributed by atoms with Gasteiger partial charge in [-0.3, -0.25) is 14.3 Å². The predicted octanol–water partition coefficient (Wildman–Crippen LogP) is 0.521. The average Bonchev–Trinajstić information content (AvgIpc) is 2.62. The highest BCUT2D eigenvalue weighted by atomic mass is 16.4. The number of aliphatic carboxylic acids is 2. The summed E-state index contributed by atoms with van der Waals surface area (Å²) in [5.41, 5.74) is 0. The van der Waals surface area contributed by atoms with Gasteiger partial charge in [-0.1, -0.05) is 6.08 Å². The first-order valence-corrected chi connectivity index (χ1v) is 4.87. The number of nitrogens with zero attached hydrogens (tertiary/aromatic N) is 2. The molecule has 1 rings (SSSR count). The molecule has 17 heavy (non-hydrogen) atoms. The monoisotopic (exact) mass is 239 g/mol. The van der Waals surface area contributed by atoms with E-state index in [9.17, 15) is 9.59 Å². The van der Waals surface area contributed by atoms with Crippen molar-refractivity contribution in [3.63, 3.8) is 0 Å². The molecule has 0 bridgehead atoms. The third-order valence-electron chi connectivity index (χ3n) is 2.03. The zero-order valence-corrected chi connectivity index (χ0v) is 9.20. The molecule has 3 N–H and O–H groups in total. The molecule has 1 aromatic heterocycles. The molecule has 0 saturated carbocycles. The van der Waals surface area contributed by atoms with Gasteiger partial charge in [0.2, 0.25) is 0 Å². The van der Waals surface area contributed by atoms with Gasteiger partial charge < -0.3 is 15.5 Å². The Balaban J connectivity index is 2.44. The van der Waals surface area contributed by atoms with Crippen LogP contribution in [0.1, 0.15) is 6.42 Å². The van der Waals surface area contributed by atoms with Crippen LogP contribution in [0.2, 0.25) is 0 Å². The number of carboxylic acids is 2. The van der Waals surface area contributed by atoms with E-state index >= 15 is 0 Å². The quantitative estimate of drug-likeness (QED) is 0.625. The predicted molar refractivity (Wildman–Crippen MR) is 59.3 cm³/mol. The summed E-state index contributed by atoms with van der Waals surface area (Å²) in [6, 6.07) is 1.73. The molecular formula is C10H13N3O4. The lowest BCUT2D eigenvalue weighted by molar-refractivity contribution is -0.154. The Morgan fingerprint density at radius 1 is 1.53 bits per heavy atom. The minimum absolute atomic E-state index is 0.0789. The van der Waals surface area contributed by atoms with Crippen molar-refractivity contribution >= 4 is 17.8 Å². The van der Waals surface area contributed by atoms with Gasteiger partial charge in [-0.05, 0) is 12.6 Å². The Hall–Kier alpha value is -2.31. The van der Waals surface area contributed by atoms with E-state index < -0.39 is 17.9 Å². The Morgan fingerprint density at radius 3 is 2.65 bits per heavy atom. The van der Waals surface area contributed by atoms with Gasteiger partial charge in [-0.15, -0.1) is 0 Å². The van der Waals surface area contributed by atoms with Crippen molar-refractivity contribution in [2.45, 2.75) is 6.42 Å². The molecule has 0 spiro atoms. The third kappa shape index (κ3) is 3.98. The molecule has 0 aliphatic rings. The maximum absolute atomic E-state index is 10.6. The zero-order chi connectivity index (χ0) is 12.8. The van der Waals surface area contributed by atoms with Crippen molar-refractivity contribution in [3.05, 3.63) is 24.5 Å². The van der Waals surface area contributed by atoms with Gasteiger partial charge in [0.05, 0.1) is 0 Å². The molecular weight excluding hydrogens is 226 g/mol. The van der Waals surface area contributed by atoms with Crippen LogP contribution in [-0.2, 0) is 16.6 Å². The highest BCUT2D eigenvalue weighted by Crippen LogP contribution is 2.06. The molecule has 7 nitrogen and oxygen atoms in total. The molecule has 0 aromatic carbocycles. The molecule has 0 aliphatic heterocycles. The molecule has 1 heterocycles. The Labute approximate surface area is 97.4 Å². The smallest absolute Gasteiger partial charge is 0.318 e. The Morgan fingerprint density at radius 2 is 2.18 bits per heavy atom. The van der Waals surface area contributed by atoms with Crippen molar-refractivity contribution in [1.82, 2.24) is 9.78 Å². The second-order valence-electron chi connectivity index (χ2n) is 3.39. The largest absolute Gasteiger partial charge is 0.481 e. The van der Waals surface area contributed by atoms with E-state index in [0.29, 0.717) is 5.82 Å². The molecule has 0 radical (unpaired) electrons. The third-order valence-corrected chi connectivity index (χ3v) is 2.03. The average molecular weight is 239 g/mol. The Kier molecular flexibility index (Phi) is 4.27. The molecule has 0 unspecified atom stereocenters. The number of nitrogens with one attached hydrogen (secondary N) is 1. The van der Waals surface area contributed by atoms with E-state index in [0.717, 1.165) is 0 Å². The lowest BCUT2D eigenvalue weighted by Gasteiger charge is -2.02. The first-order chi connectivity index (χ1) is 8.00. The SMILES string of the molecule is Cn1ccc(NC=CCC(C(=O)O)C(=O)O)n1. The number of carbonyl (C=O) groups is 2. The summed E-state index contributed by atoms with van der Waals surface area (Å²) in [6.45, 7) is 0. The summed E-state index contributed by atoms with van der Waals surface area (Å²) in [5, 5.41) is 24.0. The number of aromatic nitrogens is 2. The summed E-state index contributed by atoms with van der Waals surface area (Å²) in [7, 11) is 1.76. The van der Waals surface area contributed by atoms with E-state index in [4.69, 9.17) is 10.2 Å². The summed E-state index contributed by atoms with van der Waals surface area (Å²) in [4.78, 5) is 21.1. The molecule has 92 valence electrons. The molecule has 0 fully saturated rings. The second-order valence-corrected chi connectivity index (χ2v) is 3.39. The van der Waals surface area contributed by atoms with Crippen LogP contribution < -0.4 is 5.32 Å². The first-order valence-electron chi connectivity index (χ1n) is 4.87.